The molecule has 21 heavy (non-hydrogen) atoms. The van der Waals surface area contributed by atoms with E-state index >= 15 is 0 Å². The van der Waals surface area contributed by atoms with Crippen molar-refractivity contribution < 1.29 is 9.84 Å². The number of hydrogen-bond acceptors (Lipinski definition) is 3. The van der Waals surface area contributed by atoms with Crippen LogP contribution in [0.3, 0.4) is 0 Å². The summed E-state index contributed by atoms with van der Waals surface area (Å²) in [4.78, 5) is 0. The van der Waals surface area contributed by atoms with Gasteiger partial charge in [-0.15, -0.1) is 0 Å². The maximum absolute atomic E-state index is 8.70. The van der Waals surface area contributed by atoms with Crippen molar-refractivity contribution in [2.45, 2.75) is 58.4 Å². The highest BCUT2D eigenvalue weighted by atomic mass is 16.5. The molecule has 0 aromatic heterocycles. The zero-order chi connectivity index (χ0) is 15.3. The molecule has 0 spiro atoms. The maximum atomic E-state index is 8.70. The van der Waals surface area contributed by atoms with Crippen LogP contribution in [0.15, 0.2) is 24.3 Å². The molecule has 0 heterocycles. The number of hydrogen-bond donors (Lipinski definition) is 2. The molecule has 0 bridgehead atoms. The van der Waals surface area contributed by atoms with Crippen LogP contribution in [0.4, 0.5) is 0 Å². The third-order valence-electron chi connectivity index (χ3n) is 3.66. The topological polar surface area (TPSA) is 41.5 Å². The molecule has 1 rings (SSSR count). The van der Waals surface area contributed by atoms with Gasteiger partial charge in [0.05, 0.1) is 6.61 Å². The Hall–Kier alpha value is -1.06. The summed E-state index contributed by atoms with van der Waals surface area (Å²) in [5.74, 6) is 0.959. The fourth-order valence-corrected chi connectivity index (χ4v) is 2.34. The van der Waals surface area contributed by atoms with Crippen molar-refractivity contribution in [2.75, 3.05) is 19.8 Å². The van der Waals surface area contributed by atoms with Crippen molar-refractivity contribution in [1.82, 2.24) is 5.32 Å². The van der Waals surface area contributed by atoms with Gasteiger partial charge in [0, 0.05) is 12.6 Å². The monoisotopic (exact) mass is 293 g/mol. The Balaban J connectivity index is 2.18. The minimum Gasteiger partial charge on any atom is -0.494 e. The standard InChI is InChI=1S/C18H31NO2/c1-3-19-16(2)8-9-17-10-12-18(13-11-17)21-15-7-5-4-6-14-20/h10-13,16,19-20H,3-9,14-15H2,1-2H3. The zero-order valence-electron chi connectivity index (χ0n) is 13.6. The Morgan fingerprint density at radius 1 is 1.10 bits per heavy atom. The van der Waals surface area contributed by atoms with Gasteiger partial charge in [0.1, 0.15) is 5.75 Å². The minimum atomic E-state index is 0.300. The predicted molar refractivity (Wildman–Crippen MR) is 89.0 cm³/mol. The Morgan fingerprint density at radius 2 is 1.81 bits per heavy atom. The molecular formula is C18H31NO2. The Bertz CT molecular complexity index is 351. The first-order chi connectivity index (χ1) is 10.3. The van der Waals surface area contributed by atoms with Gasteiger partial charge in [0.2, 0.25) is 0 Å². The molecule has 0 aliphatic heterocycles. The van der Waals surface area contributed by atoms with Gasteiger partial charge in [-0.1, -0.05) is 25.5 Å². The van der Waals surface area contributed by atoms with Crippen molar-refractivity contribution in [2.24, 2.45) is 0 Å². The third-order valence-corrected chi connectivity index (χ3v) is 3.66. The molecule has 0 saturated carbocycles. The van der Waals surface area contributed by atoms with E-state index in [9.17, 15) is 0 Å². The minimum absolute atomic E-state index is 0.300. The number of aliphatic hydroxyl groups is 1. The highest BCUT2D eigenvalue weighted by Gasteiger charge is 2.01. The van der Waals surface area contributed by atoms with Crippen LogP contribution in [0.25, 0.3) is 0 Å². The number of nitrogens with one attached hydrogen (secondary N) is 1. The lowest BCUT2D eigenvalue weighted by Gasteiger charge is -2.12. The van der Waals surface area contributed by atoms with Gasteiger partial charge in [-0.3, -0.25) is 0 Å². The first-order valence-electron chi connectivity index (χ1n) is 8.32. The molecule has 120 valence electrons. The summed E-state index contributed by atoms with van der Waals surface area (Å²) in [6.07, 6.45) is 6.44. The smallest absolute Gasteiger partial charge is 0.119 e. The zero-order valence-corrected chi connectivity index (χ0v) is 13.6. The van der Waals surface area contributed by atoms with Crippen molar-refractivity contribution in [3.05, 3.63) is 29.8 Å². The van der Waals surface area contributed by atoms with Crippen LogP contribution >= 0.6 is 0 Å². The van der Waals surface area contributed by atoms with Crippen molar-refractivity contribution >= 4 is 0 Å². The Morgan fingerprint density at radius 3 is 2.48 bits per heavy atom. The third kappa shape index (κ3) is 8.74. The summed E-state index contributed by atoms with van der Waals surface area (Å²) in [5, 5.41) is 12.1. The summed E-state index contributed by atoms with van der Waals surface area (Å²) >= 11 is 0. The number of ether oxygens (including phenoxy) is 1. The van der Waals surface area contributed by atoms with E-state index in [1.807, 2.05) is 0 Å². The normalized spacial score (nSPS) is 12.3. The number of benzene rings is 1. The molecule has 1 atom stereocenters. The van der Waals surface area contributed by atoms with Crippen LogP contribution in [0.2, 0.25) is 0 Å². The summed E-state index contributed by atoms with van der Waals surface area (Å²) in [6.45, 7) is 6.48. The van der Waals surface area contributed by atoms with Crippen LogP contribution in [-0.2, 0) is 6.42 Å². The summed E-state index contributed by atoms with van der Waals surface area (Å²) in [7, 11) is 0. The Labute approximate surface area is 129 Å². The first-order valence-corrected chi connectivity index (χ1v) is 8.32. The molecule has 2 N–H and O–H groups in total. The van der Waals surface area contributed by atoms with E-state index in [1.165, 1.54) is 12.0 Å². The lowest BCUT2D eigenvalue weighted by molar-refractivity contribution is 0.273. The van der Waals surface area contributed by atoms with Crippen LogP contribution in [0.1, 0.15) is 51.5 Å². The van der Waals surface area contributed by atoms with Gasteiger partial charge in [-0.2, -0.15) is 0 Å². The highest BCUT2D eigenvalue weighted by Crippen LogP contribution is 2.14. The van der Waals surface area contributed by atoms with Gasteiger partial charge in [0.25, 0.3) is 0 Å². The van der Waals surface area contributed by atoms with E-state index < -0.39 is 0 Å². The SMILES string of the molecule is CCNC(C)CCc1ccc(OCCCCCCO)cc1. The summed E-state index contributed by atoms with van der Waals surface area (Å²) < 4.78 is 5.73. The largest absolute Gasteiger partial charge is 0.494 e. The lowest BCUT2D eigenvalue weighted by atomic mass is 10.1. The predicted octanol–water partition coefficient (Wildman–Crippen LogP) is 3.55. The fraction of sp³-hybridized carbons (Fsp3) is 0.667. The molecule has 0 saturated heterocycles. The van der Waals surface area contributed by atoms with Gasteiger partial charge >= 0.3 is 0 Å². The summed E-state index contributed by atoms with van der Waals surface area (Å²) in [5.41, 5.74) is 1.37. The second kappa shape index (κ2) is 11.6. The van der Waals surface area contributed by atoms with Crippen molar-refractivity contribution in [3.63, 3.8) is 0 Å². The molecule has 0 radical (unpaired) electrons. The number of aryl methyl sites for hydroxylation is 1. The van der Waals surface area contributed by atoms with E-state index in [0.29, 0.717) is 12.6 Å². The first kappa shape index (κ1) is 18.0. The highest BCUT2D eigenvalue weighted by molar-refractivity contribution is 5.27. The molecular weight excluding hydrogens is 262 g/mol. The molecule has 3 nitrogen and oxygen atoms in total. The molecule has 1 aromatic carbocycles. The van der Waals surface area contributed by atoms with Gasteiger partial charge in [-0.25, -0.2) is 0 Å². The number of aliphatic hydroxyl groups excluding tert-OH is 1. The quantitative estimate of drug-likeness (QED) is 0.579. The van der Waals surface area contributed by atoms with E-state index in [-0.39, 0.29) is 0 Å². The van der Waals surface area contributed by atoms with E-state index in [1.54, 1.807) is 0 Å². The molecule has 0 amide bonds. The molecule has 1 aromatic rings. The number of unbranched alkanes of at least 4 members (excludes halogenated alkanes) is 3. The Kier molecular flexibility index (Phi) is 9.92. The molecule has 1 unspecified atom stereocenters. The lowest BCUT2D eigenvalue weighted by Crippen LogP contribution is -2.25. The second-order valence-corrected chi connectivity index (χ2v) is 5.63. The van der Waals surface area contributed by atoms with Crippen molar-refractivity contribution in [1.29, 1.82) is 0 Å². The molecule has 0 fully saturated rings. The van der Waals surface area contributed by atoms with Crippen LogP contribution < -0.4 is 10.1 Å². The van der Waals surface area contributed by atoms with Crippen LogP contribution in [0, 0.1) is 0 Å². The van der Waals surface area contributed by atoms with Crippen molar-refractivity contribution in [3.8, 4) is 5.75 Å². The van der Waals surface area contributed by atoms with E-state index in [2.05, 4.69) is 43.4 Å². The summed E-state index contributed by atoms with van der Waals surface area (Å²) in [6, 6.07) is 9.05. The molecule has 0 aliphatic rings. The van der Waals surface area contributed by atoms with E-state index in [0.717, 1.165) is 51.0 Å². The number of rotatable bonds is 12. The maximum Gasteiger partial charge on any atom is 0.119 e. The average molecular weight is 293 g/mol. The van der Waals surface area contributed by atoms with Gasteiger partial charge in [-0.05, 0) is 63.3 Å². The molecule has 3 heteroatoms. The van der Waals surface area contributed by atoms with E-state index in [4.69, 9.17) is 9.84 Å². The molecule has 0 aliphatic carbocycles. The van der Waals surface area contributed by atoms with Gasteiger partial charge in [0.15, 0.2) is 0 Å². The average Bonchev–Trinajstić information content (AvgIpc) is 2.50. The van der Waals surface area contributed by atoms with Gasteiger partial charge < -0.3 is 15.2 Å². The fourth-order valence-electron chi connectivity index (χ4n) is 2.34. The van der Waals surface area contributed by atoms with Crippen LogP contribution in [-0.4, -0.2) is 30.9 Å². The van der Waals surface area contributed by atoms with Crippen LogP contribution in [0.5, 0.6) is 5.75 Å². The second-order valence-electron chi connectivity index (χ2n) is 5.63.